The standard InChI is InChI=1S/C14H20N2O5S/c1-9(2)10-3-5-11(6-4-10)22(20,21)16-12(14(18)19)7-8-13(15)17/h3-6,9,12,16H,7-8H2,1-2H3,(H2,15,17)(H,18,19)/t12-/m1/s1. The zero-order chi connectivity index (χ0) is 16.9. The zero-order valence-corrected chi connectivity index (χ0v) is 13.3. The first-order valence-electron chi connectivity index (χ1n) is 6.77. The number of hydrogen-bond donors (Lipinski definition) is 3. The van der Waals surface area contributed by atoms with E-state index in [2.05, 4.69) is 4.72 Å². The molecule has 22 heavy (non-hydrogen) atoms. The number of carbonyl (C=O) groups is 2. The van der Waals surface area contributed by atoms with E-state index in [1.54, 1.807) is 12.1 Å². The van der Waals surface area contributed by atoms with E-state index < -0.39 is 27.9 Å². The lowest BCUT2D eigenvalue weighted by atomic mass is 10.0. The Morgan fingerprint density at radius 3 is 2.18 bits per heavy atom. The minimum absolute atomic E-state index is 0.0257. The number of aliphatic carboxylic acids is 1. The highest BCUT2D eigenvalue weighted by Gasteiger charge is 2.25. The van der Waals surface area contributed by atoms with Crippen LogP contribution in [0.5, 0.6) is 0 Å². The van der Waals surface area contributed by atoms with Gasteiger partial charge in [0.1, 0.15) is 6.04 Å². The summed E-state index contributed by atoms with van der Waals surface area (Å²) in [6, 6.07) is 4.80. The lowest BCUT2D eigenvalue weighted by Gasteiger charge is -2.14. The molecule has 0 bridgehead atoms. The van der Waals surface area contributed by atoms with E-state index in [4.69, 9.17) is 10.8 Å². The number of hydrogen-bond acceptors (Lipinski definition) is 4. The highest BCUT2D eigenvalue weighted by molar-refractivity contribution is 7.89. The fourth-order valence-corrected chi connectivity index (χ4v) is 3.03. The summed E-state index contributed by atoms with van der Waals surface area (Å²) in [5, 5.41) is 9.03. The second kappa shape index (κ2) is 7.37. The lowest BCUT2D eigenvalue weighted by Crippen LogP contribution is -2.41. The minimum atomic E-state index is -3.98. The smallest absolute Gasteiger partial charge is 0.321 e. The maximum atomic E-state index is 12.2. The highest BCUT2D eigenvalue weighted by atomic mass is 32.2. The molecule has 7 nitrogen and oxygen atoms in total. The molecular formula is C14H20N2O5S. The number of amides is 1. The van der Waals surface area contributed by atoms with Crippen LogP contribution in [-0.4, -0.2) is 31.4 Å². The van der Waals surface area contributed by atoms with Crippen molar-refractivity contribution in [2.75, 3.05) is 0 Å². The predicted octanol–water partition coefficient (Wildman–Crippen LogP) is 0.807. The summed E-state index contributed by atoms with van der Waals surface area (Å²) in [7, 11) is -3.98. The van der Waals surface area contributed by atoms with Crippen LogP contribution in [0.15, 0.2) is 29.2 Å². The molecule has 0 saturated carbocycles. The Labute approximate surface area is 129 Å². The number of rotatable bonds is 8. The van der Waals surface area contributed by atoms with Crippen LogP contribution in [0.2, 0.25) is 0 Å². The molecule has 1 aromatic rings. The summed E-state index contributed by atoms with van der Waals surface area (Å²) in [4.78, 5) is 21.8. The summed E-state index contributed by atoms with van der Waals surface area (Å²) in [6.45, 7) is 3.96. The Hall–Kier alpha value is -1.93. The first kappa shape index (κ1) is 18.1. The summed E-state index contributed by atoms with van der Waals surface area (Å²) in [5.41, 5.74) is 5.93. The summed E-state index contributed by atoms with van der Waals surface area (Å²) in [5.74, 6) is -1.79. The van der Waals surface area contributed by atoms with Gasteiger partial charge < -0.3 is 10.8 Å². The van der Waals surface area contributed by atoms with Crippen molar-refractivity contribution in [2.45, 2.75) is 43.5 Å². The average Bonchev–Trinajstić information content (AvgIpc) is 2.43. The summed E-state index contributed by atoms with van der Waals surface area (Å²) in [6.07, 6.45) is -0.417. The third-order valence-corrected chi connectivity index (χ3v) is 4.62. The molecule has 8 heteroatoms. The molecule has 1 rings (SSSR count). The number of primary amides is 1. The van der Waals surface area contributed by atoms with Crippen molar-refractivity contribution in [1.82, 2.24) is 4.72 Å². The molecule has 122 valence electrons. The van der Waals surface area contributed by atoms with Crippen LogP contribution >= 0.6 is 0 Å². The fourth-order valence-electron chi connectivity index (χ4n) is 1.81. The second-order valence-electron chi connectivity index (χ2n) is 5.24. The first-order valence-corrected chi connectivity index (χ1v) is 8.25. The molecule has 0 aromatic heterocycles. The number of nitrogens with two attached hydrogens (primary N) is 1. The Bertz CT molecular complexity index is 638. The van der Waals surface area contributed by atoms with Crippen molar-refractivity contribution < 1.29 is 23.1 Å². The number of carboxylic acids is 1. The number of carbonyl (C=O) groups excluding carboxylic acids is 1. The Kier molecular flexibility index (Phi) is 6.07. The van der Waals surface area contributed by atoms with E-state index in [0.29, 0.717) is 0 Å². The number of carboxylic acid groups (broad SMARTS) is 1. The van der Waals surface area contributed by atoms with Crippen LogP contribution in [0.4, 0.5) is 0 Å². The third-order valence-electron chi connectivity index (χ3n) is 3.13. The Morgan fingerprint density at radius 2 is 1.77 bits per heavy atom. The maximum Gasteiger partial charge on any atom is 0.321 e. The number of sulfonamides is 1. The van der Waals surface area contributed by atoms with Crippen LogP contribution in [0.3, 0.4) is 0 Å². The molecule has 1 amide bonds. The van der Waals surface area contributed by atoms with Gasteiger partial charge in [-0.1, -0.05) is 26.0 Å². The molecular weight excluding hydrogens is 308 g/mol. The van der Waals surface area contributed by atoms with Crippen molar-refractivity contribution in [2.24, 2.45) is 5.73 Å². The van der Waals surface area contributed by atoms with Crippen LogP contribution in [-0.2, 0) is 19.6 Å². The van der Waals surface area contributed by atoms with Crippen LogP contribution in [0, 0.1) is 0 Å². The molecule has 1 atom stereocenters. The van der Waals surface area contributed by atoms with Gasteiger partial charge in [-0.2, -0.15) is 4.72 Å². The molecule has 0 saturated heterocycles. The van der Waals surface area contributed by atoms with Crippen LogP contribution in [0.25, 0.3) is 0 Å². The topological polar surface area (TPSA) is 127 Å². The van der Waals surface area contributed by atoms with E-state index in [1.165, 1.54) is 12.1 Å². The highest BCUT2D eigenvalue weighted by Crippen LogP contribution is 2.17. The molecule has 0 aliphatic carbocycles. The van der Waals surface area contributed by atoms with Gasteiger partial charge in [-0.05, 0) is 30.0 Å². The van der Waals surface area contributed by atoms with E-state index in [0.717, 1.165) is 5.56 Å². The first-order chi connectivity index (χ1) is 10.1. The number of benzene rings is 1. The van der Waals surface area contributed by atoms with E-state index in [-0.39, 0.29) is 23.7 Å². The summed E-state index contributed by atoms with van der Waals surface area (Å²) >= 11 is 0. The number of nitrogens with one attached hydrogen (secondary N) is 1. The molecule has 0 fully saturated rings. The molecule has 0 aliphatic heterocycles. The average molecular weight is 328 g/mol. The SMILES string of the molecule is CC(C)c1ccc(S(=O)(=O)N[C@H](CCC(N)=O)C(=O)O)cc1. The van der Waals surface area contributed by atoms with Gasteiger partial charge >= 0.3 is 5.97 Å². The maximum absolute atomic E-state index is 12.2. The Morgan fingerprint density at radius 1 is 1.23 bits per heavy atom. The van der Waals surface area contributed by atoms with Gasteiger partial charge in [0.15, 0.2) is 0 Å². The van der Waals surface area contributed by atoms with Crippen molar-refractivity contribution in [3.63, 3.8) is 0 Å². The van der Waals surface area contributed by atoms with Crippen molar-refractivity contribution in [3.8, 4) is 0 Å². The molecule has 0 radical (unpaired) electrons. The quantitative estimate of drug-likeness (QED) is 0.651. The van der Waals surface area contributed by atoms with Gasteiger partial charge in [-0.3, -0.25) is 9.59 Å². The fraction of sp³-hybridized carbons (Fsp3) is 0.429. The molecule has 0 heterocycles. The Balaban J connectivity index is 2.92. The van der Waals surface area contributed by atoms with Crippen molar-refractivity contribution in [3.05, 3.63) is 29.8 Å². The molecule has 0 spiro atoms. The van der Waals surface area contributed by atoms with Crippen molar-refractivity contribution >= 4 is 21.9 Å². The third kappa shape index (κ3) is 5.12. The largest absolute Gasteiger partial charge is 0.480 e. The van der Waals surface area contributed by atoms with E-state index in [1.807, 2.05) is 13.8 Å². The normalized spacial score (nSPS) is 13.0. The van der Waals surface area contributed by atoms with E-state index >= 15 is 0 Å². The van der Waals surface area contributed by atoms with Gasteiger partial charge in [0, 0.05) is 6.42 Å². The molecule has 4 N–H and O–H groups in total. The van der Waals surface area contributed by atoms with E-state index in [9.17, 15) is 18.0 Å². The molecule has 0 unspecified atom stereocenters. The van der Waals surface area contributed by atoms with Crippen LogP contribution < -0.4 is 10.5 Å². The van der Waals surface area contributed by atoms with Gasteiger partial charge in [0.25, 0.3) is 0 Å². The second-order valence-corrected chi connectivity index (χ2v) is 6.95. The zero-order valence-electron chi connectivity index (χ0n) is 12.4. The van der Waals surface area contributed by atoms with Gasteiger partial charge in [0.2, 0.25) is 15.9 Å². The molecule has 1 aromatic carbocycles. The minimum Gasteiger partial charge on any atom is -0.480 e. The van der Waals surface area contributed by atoms with Gasteiger partial charge in [-0.15, -0.1) is 0 Å². The van der Waals surface area contributed by atoms with Gasteiger partial charge in [-0.25, -0.2) is 8.42 Å². The summed E-state index contributed by atoms with van der Waals surface area (Å²) < 4.78 is 26.4. The predicted molar refractivity (Wildman–Crippen MR) is 80.7 cm³/mol. The van der Waals surface area contributed by atoms with Gasteiger partial charge in [0.05, 0.1) is 4.90 Å². The molecule has 0 aliphatic rings. The van der Waals surface area contributed by atoms with Crippen molar-refractivity contribution in [1.29, 1.82) is 0 Å². The van der Waals surface area contributed by atoms with Crippen LogP contribution in [0.1, 0.15) is 38.2 Å². The monoisotopic (exact) mass is 328 g/mol. The lowest BCUT2D eigenvalue weighted by molar-refractivity contribution is -0.139.